The lowest BCUT2D eigenvalue weighted by Crippen LogP contribution is -2.22. The third-order valence-electron chi connectivity index (χ3n) is 3.60. The second kappa shape index (κ2) is 12.5. The first-order valence-electron chi connectivity index (χ1n) is 8.72. The molecule has 0 saturated carbocycles. The molecule has 0 radical (unpaired) electrons. The van der Waals surface area contributed by atoms with Crippen LogP contribution in [-0.2, 0) is 6.42 Å². The number of aryl methyl sites for hydroxylation is 2. The molecule has 0 bridgehead atoms. The second-order valence-corrected chi connectivity index (χ2v) is 6.45. The van der Waals surface area contributed by atoms with Crippen LogP contribution in [0.4, 0.5) is 0 Å². The molecule has 1 aromatic carbocycles. The molecule has 0 unspecified atom stereocenters. The predicted molar refractivity (Wildman–Crippen MR) is 121 cm³/mol. The quantitative estimate of drug-likeness (QED) is 0.318. The molecule has 0 aliphatic rings. The van der Waals surface area contributed by atoms with Crippen LogP contribution >= 0.6 is 11.8 Å². The maximum absolute atomic E-state index is 12.4. The van der Waals surface area contributed by atoms with Gasteiger partial charge in [0.2, 0.25) is 0 Å². The SMILES string of the molecule is C=CCNC(=C)/N=C\N=C.CCc1ncn(-c2ccc(C)cc2)c(=O)c1SC. The van der Waals surface area contributed by atoms with Crippen molar-refractivity contribution < 1.29 is 0 Å². The van der Waals surface area contributed by atoms with Crippen molar-refractivity contribution in [2.45, 2.75) is 25.2 Å². The summed E-state index contributed by atoms with van der Waals surface area (Å²) in [7, 11) is 0. The summed E-state index contributed by atoms with van der Waals surface area (Å²) in [4.78, 5) is 24.7. The van der Waals surface area contributed by atoms with Crippen LogP contribution in [0.2, 0.25) is 0 Å². The van der Waals surface area contributed by atoms with Gasteiger partial charge in [0.15, 0.2) is 0 Å². The van der Waals surface area contributed by atoms with E-state index >= 15 is 0 Å². The van der Waals surface area contributed by atoms with E-state index in [4.69, 9.17) is 0 Å². The van der Waals surface area contributed by atoms with Crippen molar-refractivity contribution in [1.82, 2.24) is 14.9 Å². The van der Waals surface area contributed by atoms with Gasteiger partial charge in [-0.3, -0.25) is 14.4 Å². The summed E-state index contributed by atoms with van der Waals surface area (Å²) >= 11 is 1.46. The van der Waals surface area contributed by atoms with Crippen LogP contribution < -0.4 is 10.9 Å². The Morgan fingerprint density at radius 1 is 1.36 bits per heavy atom. The lowest BCUT2D eigenvalue weighted by atomic mass is 10.2. The molecule has 0 spiro atoms. The Morgan fingerprint density at radius 2 is 2.04 bits per heavy atom. The van der Waals surface area contributed by atoms with Gasteiger partial charge in [-0.25, -0.2) is 9.98 Å². The number of rotatable bonds is 8. The molecule has 0 atom stereocenters. The third kappa shape index (κ3) is 7.00. The highest BCUT2D eigenvalue weighted by atomic mass is 32.2. The number of thioether (sulfide) groups is 1. The highest BCUT2D eigenvalue weighted by Crippen LogP contribution is 2.15. The number of hydrogen-bond acceptors (Lipinski definition) is 5. The van der Waals surface area contributed by atoms with Gasteiger partial charge in [-0.05, 0) is 38.5 Å². The van der Waals surface area contributed by atoms with Crippen molar-refractivity contribution in [2.75, 3.05) is 12.8 Å². The molecule has 0 aliphatic heterocycles. The zero-order valence-electron chi connectivity index (χ0n) is 16.7. The van der Waals surface area contributed by atoms with Crippen molar-refractivity contribution in [3.63, 3.8) is 0 Å². The van der Waals surface area contributed by atoms with E-state index in [2.05, 4.69) is 40.2 Å². The maximum atomic E-state index is 12.4. The van der Waals surface area contributed by atoms with E-state index in [1.807, 2.05) is 44.4 Å². The molecular weight excluding hydrogens is 370 g/mol. The van der Waals surface area contributed by atoms with Crippen LogP contribution in [0, 0.1) is 6.92 Å². The summed E-state index contributed by atoms with van der Waals surface area (Å²) in [6, 6.07) is 7.87. The fourth-order valence-electron chi connectivity index (χ4n) is 2.16. The molecule has 0 fully saturated rings. The molecule has 148 valence electrons. The molecule has 6 nitrogen and oxygen atoms in total. The standard InChI is InChI=1S/C14H16N2OS.C7H11N3/c1-4-12-13(18-3)14(17)16(9-15-12)11-7-5-10(2)6-8-11;1-4-5-9-7(2)10-6-8-3/h5-9H,4H2,1-3H3;4,6,9H,1-3,5H2/b;10-6-. The van der Waals surface area contributed by atoms with Gasteiger partial charge in [-0.2, -0.15) is 0 Å². The summed E-state index contributed by atoms with van der Waals surface area (Å²) in [5.41, 5.74) is 2.92. The fraction of sp³-hybridized carbons (Fsp3) is 0.238. The number of aliphatic imine (C=N–C) groups is 2. The molecule has 1 N–H and O–H groups in total. The van der Waals surface area contributed by atoms with Crippen LogP contribution in [0.25, 0.3) is 5.69 Å². The monoisotopic (exact) mass is 397 g/mol. The van der Waals surface area contributed by atoms with Crippen molar-refractivity contribution in [3.8, 4) is 5.69 Å². The molecule has 1 heterocycles. The molecule has 28 heavy (non-hydrogen) atoms. The van der Waals surface area contributed by atoms with Gasteiger partial charge in [0.1, 0.15) is 18.5 Å². The maximum Gasteiger partial charge on any atom is 0.271 e. The molecule has 0 amide bonds. The first-order chi connectivity index (χ1) is 13.5. The minimum absolute atomic E-state index is 0.0122. The normalized spacial score (nSPS) is 10.1. The minimum Gasteiger partial charge on any atom is -0.367 e. The van der Waals surface area contributed by atoms with Gasteiger partial charge in [0.05, 0.1) is 16.3 Å². The van der Waals surface area contributed by atoms with E-state index in [0.29, 0.717) is 12.4 Å². The van der Waals surface area contributed by atoms with E-state index < -0.39 is 0 Å². The molecule has 2 aromatic rings. The van der Waals surface area contributed by atoms with E-state index in [9.17, 15) is 4.79 Å². The fourth-order valence-corrected chi connectivity index (χ4v) is 2.87. The van der Waals surface area contributed by atoms with Crippen LogP contribution in [0.5, 0.6) is 0 Å². The number of nitrogens with one attached hydrogen (secondary N) is 1. The highest BCUT2D eigenvalue weighted by molar-refractivity contribution is 7.98. The van der Waals surface area contributed by atoms with Crippen LogP contribution in [0.15, 0.2) is 75.3 Å². The Kier molecular flexibility index (Phi) is 10.3. The average molecular weight is 398 g/mol. The van der Waals surface area contributed by atoms with Crippen molar-refractivity contribution in [1.29, 1.82) is 0 Å². The largest absolute Gasteiger partial charge is 0.367 e. The van der Waals surface area contributed by atoms with Crippen LogP contribution in [-0.4, -0.2) is 35.4 Å². The predicted octanol–water partition coefficient (Wildman–Crippen LogP) is 3.79. The topological polar surface area (TPSA) is 71.6 Å². The number of nitrogens with zero attached hydrogens (tertiary/aromatic N) is 4. The number of aromatic nitrogens is 2. The Hall–Kier alpha value is -2.93. The van der Waals surface area contributed by atoms with Crippen molar-refractivity contribution in [3.05, 3.63) is 77.3 Å². The molecule has 1 aromatic heterocycles. The zero-order chi connectivity index (χ0) is 20.9. The summed E-state index contributed by atoms with van der Waals surface area (Å²) in [5.74, 6) is 0.562. The Bertz CT molecular complexity index is 885. The molecule has 0 aliphatic carbocycles. The average Bonchev–Trinajstić information content (AvgIpc) is 2.71. The highest BCUT2D eigenvalue weighted by Gasteiger charge is 2.10. The Morgan fingerprint density at radius 3 is 2.57 bits per heavy atom. The van der Waals surface area contributed by atoms with E-state index in [0.717, 1.165) is 22.7 Å². The smallest absolute Gasteiger partial charge is 0.271 e. The van der Waals surface area contributed by atoms with E-state index in [-0.39, 0.29) is 5.56 Å². The molecule has 2 rings (SSSR count). The van der Waals surface area contributed by atoms with E-state index in [1.165, 1.54) is 23.7 Å². The Balaban J connectivity index is 0.000000336. The lowest BCUT2D eigenvalue weighted by molar-refractivity contribution is 0.835. The van der Waals surface area contributed by atoms with Gasteiger partial charge in [-0.15, -0.1) is 18.3 Å². The minimum atomic E-state index is 0.0122. The van der Waals surface area contributed by atoms with Crippen molar-refractivity contribution in [2.24, 2.45) is 9.98 Å². The lowest BCUT2D eigenvalue weighted by Gasteiger charge is -2.09. The van der Waals surface area contributed by atoms with Crippen molar-refractivity contribution >= 4 is 24.8 Å². The van der Waals surface area contributed by atoms with Gasteiger partial charge < -0.3 is 5.32 Å². The molecular formula is C21H27N5OS. The summed E-state index contributed by atoms with van der Waals surface area (Å²) in [6.07, 6.45) is 7.36. The van der Waals surface area contributed by atoms with Gasteiger partial charge >= 0.3 is 0 Å². The van der Waals surface area contributed by atoms with Gasteiger partial charge in [0, 0.05) is 6.54 Å². The summed E-state index contributed by atoms with van der Waals surface area (Å²) in [6.45, 7) is 15.0. The second-order valence-electron chi connectivity index (χ2n) is 5.63. The number of benzene rings is 1. The Labute approximate surface area is 170 Å². The van der Waals surface area contributed by atoms with Crippen LogP contribution in [0.1, 0.15) is 18.2 Å². The number of hydrogen-bond donors (Lipinski definition) is 1. The zero-order valence-corrected chi connectivity index (χ0v) is 17.5. The van der Waals surface area contributed by atoms with Gasteiger partial charge in [-0.1, -0.05) is 37.3 Å². The molecule has 7 heteroatoms. The van der Waals surface area contributed by atoms with Crippen LogP contribution in [0.3, 0.4) is 0 Å². The summed E-state index contributed by atoms with van der Waals surface area (Å²) in [5, 5.41) is 2.87. The third-order valence-corrected chi connectivity index (χ3v) is 4.42. The van der Waals surface area contributed by atoms with E-state index in [1.54, 1.807) is 17.0 Å². The first-order valence-corrected chi connectivity index (χ1v) is 9.94. The molecule has 0 saturated heterocycles. The first kappa shape index (κ1) is 23.1. The van der Waals surface area contributed by atoms with Gasteiger partial charge in [0.25, 0.3) is 5.56 Å². The summed E-state index contributed by atoms with van der Waals surface area (Å²) < 4.78 is 1.60.